The predicted octanol–water partition coefficient (Wildman–Crippen LogP) is 4.81. The third-order valence-corrected chi connectivity index (χ3v) is 4.57. The first kappa shape index (κ1) is 16.0. The normalized spacial score (nSPS) is 10.5. The average molecular weight is 373 g/mol. The SMILES string of the molecule is COC(=O)c1ccc(CSc2cc(F)ccc2F)c(Br)c1. The van der Waals surface area contributed by atoms with Gasteiger partial charge in [-0.1, -0.05) is 22.0 Å². The van der Waals surface area contributed by atoms with Gasteiger partial charge in [0.05, 0.1) is 12.7 Å². The van der Waals surface area contributed by atoms with Crippen molar-refractivity contribution in [2.75, 3.05) is 7.11 Å². The van der Waals surface area contributed by atoms with E-state index in [0.29, 0.717) is 11.3 Å². The van der Waals surface area contributed by atoms with Gasteiger partial charge in [0, 0.05) is 15.1 Å². The van der Waals surface area contributed by atoms with Crippen molar-refractivity contribution in [3.63, 3.8) is 0 Å². The minimum atomic E-state index is -0.473. The van der Waals surface area contributed by atoms with E-state index in [1.807, 2.05) is 0 Å². The molecule has 21 heavy (non-hydrogen) atoms. The van der Waals surface area contributed by atoms with Crippen molar-refractivity contribution in [1.82, 2.24) is 0 Å². The largest absolute Gasteiger partial charge is 0.465 e. The van der Waals surface area contributed by atoms with E-state index in [0.717, 1.165) is 28.2 Å². The number of hydrogen-bond acceptors (Lipinski definition) is 3. The first-order chi connectivity index (χ1) is 10.0. The van der Waals surface area contributed by atoms with Gasteiger partial charge in [-0.2, -0.15) is 0 Å². The summed E-state index contributed by atoms with van der Waals surface area (Å²) in [5, 5.41) is 0. The first-order valence-electron chi connectivity index (χ1n) is 5.96. The van der Waals surface area contributed by atoms with Gasteiger partial charge in [0.2, 0.25) is 0 Å². The number of benzene rings is 2. The third-order valence-electron chi connectivity index (χ3n) is 2.75. The fraction of sp³-hybridized carbons (Fsp3) is 0.133. The van der Waals surface area contributed by atoms with Crippen LogP contribution >= 0.6 is 27.7 Å². The van der Waals surface area contributed by atoms with Crippen molar-refractivity contribution < 1.29 is 18.3 Å². The summed E-state index contributed by atoms with van der Waals surface area (Å²) in [4.78, 5) is 11.6. The van der Waals surface area contributed by atoms with Crippen LogP contribution in [0.25, 0.3) is 0 Å². The van der Waals surface area contributed by atoms with Crippen LogP contribution in [0.3, 0.4) is 0 Å². The standard InChI is InChI=1S/C15H11BrF2O2S/c1-20-15(19)9-2-3-10(12(16)6-9)8-21-14-7-11(17)4-5-13(14)18/h2-7H,8H2,1H3. The molecule has 2 aromatic rings. The molecule has 0 saturated carbocycles. The molecule has 0 radical (unpaired) electrons. The van der Waals surface area contributed by atoms with Crippen molar-refractivity contribution in [1.29, 1.82) is 0 Å². The van der Waals surface area contributed by atoms with Gasteiger partial charge in [-0.15, -0.1) is 11.8 Å². The summed E-state index contributed by atoms with van der Waals surface area (Å²) in [6.07, 6.45) is 0. The second kappa shape index (κ2) is 7.04. The van der Waals surface area contributed by atoms with E-state index in [1.54, 1.807) is 18.2 Å². The second-order valence-electron chi connectivity index (χ2n) is 4.16. The maximum Gasteiger partial charge on any atom is 0.337 e. The van der Waals surface area contributed by atoms with Crippen molar-refractivity contribution in [2.45, 2.75) is 10.6 Å². The molecule has 0 aromatic heterocycles. The molecule has 0 spiro atoms. The molecular weight excluding hydrogens is 362 g/mol. The van der Waals surface area contributed by atoms with Crippen LogP contribution in [0.4, 0.5) is 8.78 Å². The number of thioether (sulfide) groups is 1. The van der Waals surface area contributed by atoms with Gasteiger partial charge < -0.3 is 4.74 Å². The van der Waals surface area contributed by atoms with Crippen LogP contribution in [-0.2, 0) is 10.5 Å². The summed E-state index contributed by atoms with van der Waals surface area (Å²) >= 11 is 4.55. The van der Waals surface area contributed by atoms with E-state index >= 15 is 0 Å². The summed E-state index contributed by atoms with van der Waals surface area (Å²) in [7, 11) is 1.31. The molecule has 0 heterocycles. The molecule has 2 rings (SSSR count). The Hall–Kier alpha value is -1.40. The van der Waals surface area contributed by atoms with E-state index in [4.69, 9.17) is 0 Å². The summed E-state index contributed by atoms with van der Waals surface area (Å²) < 4.78 is 32.0. The summed E-state index contributed by atoms with van der Waals surface area (Å²) in [5.41, 5.74) is 1.30. The van der Waals surface area contributed by atoms with E-state index in [9.17, 15) is 13.6 Å². The van der Waals surface area contributed by atoms with Crippen LogP contribution in [0.15, 0.2) is 45.8 Å². The third kappa shape index (κ3) is 4.04. The van der Waals surface area contributed by atoms with Gasteiger partial charge in [-0.05, 0) is 35.9 Å². The quantitative estimate of drug-likeness (QED) is 0.569. The second-order valence-corrected chi connectivity index (χ2v) is 6.03. The molecule has 0 fully saturated rings. The Morgan fingerprint density at radius 1 is 1.24 bits per heavy atom. The Labute approximate surface area is 133 Å². The van der Waals surface area contributed by atoms with Crippen molar-refractivity contribution >= 4 is 33.7 Å². The predicted molar refractivity (Wildman–Crippen MR) is 81.4 cm³/mol. The van der Waals surface area contributed by atoms with Crippen LogP contribution in [0.5, 0.6) is 0 Å². The zero-order chi connectivity index (χ0) is 15.4. The van der Waals surface area contributed by atoms with Crippen LogP contribution in [-0.4, -0.2) is 13.1 Å². The van der Waals surface area contributed by atoms with Gasteiger partial charge in [0.1, 0.15) is 11.6 Å². The average Bonchev–Trinajstić information content (AvgIpc) is 2.48. The number of esters is 1. The Morgan fingerprint density at radius 3 is 2.67 bits per heavy atom. The molecule has 0 bridgehead atoms. The summed E-state index contributed by atoms with van der Waals surface area (Å²) in [6.45, 7) is 0. The fourth-order valence-corrected chi connectivity index (χ4v) is 3.32. The lowest BCUT2D eigenvalue weighted by atomic mass is 10.1. The van der Waals surface area contributed by atoms with Gasteiger partial charge in [-0.25, -0.2) is 13.6 Å². The monoisotopic (exact) mass is 372 g/mol. The Morgan fingerprint density at radius 2 is 2.00 bits per heavy atom. The molecule has 0 unspecified atom stereocenters. The number of methoxy groups -OCH3 is 1. The van der Waals surface area contributed by atoms with Crippen LogP contribution in [0.1, 0.15) is 15.9 Å². The molecule has 0 atom stereocenters. The Balaban J connectivity index is 2.13. The number of ether oxygens (including phenoxy) is 1. The molecule has 6 heteroatoms. The molecule has 0 aliphatic rings. The maximum absolute atomic E-state index is 13.5. The Bertz CT molecular complexity index is 677. The number of carbonyl (C=O) groups excluding carboxylic acids is 1. The van der Waals surface area contributed by atoms with Gasteiger partial charge in [0.25, 0.3) is 0 Å². The highest BCUT2D eigenvalue weighted by Crippen LogP contribution is 2.29. The lowest BCUT2D eigenvalue weighted by molar-refractivity contribution is 0.0600. The molecule has 0 aliphatic heterocycles. The van der Waals surface area contributed by atoms with Crippen molar-refractivity contribution in [2.24, 2.45) is 0 Å². The Kier molecular flexibility index (Phi) is 5.36. The zero-order valence-corrected chi connectivity index (χ0v) is 13.4. The summed E-state index contributed by atoms with van der Waals surface area (Å²) in [6, 6.07) is 8.38. The van der Waals surface area contributed by atoms with Crippen molar-refractivity contribution in [3.05, 3.63) is 63.6 Å². The molecule has 0 saturated heterocycles. The van der Waals surface area contributed by atoms with Crippen LogP contribution in [0, 0.1) is 11.6 Å². The molecule has 0 amide bonds. The van der Waals surface area contributed by atoms with Gasteiger partial charge in [0.15, 0.2) is 0 Å². The lowest BCUT2D eigenvalue weighted by Gasteiger charge is -2.07. The highest BCUT2D eigenvalue weighted by molar-refractivity contribution is 9.10. The van der Waals surface area contributed by atoms with Crippen LogP contribution < -0.4 is 0 Å². The lowest BCUT2D eigenvalue weighted by Crippen LogP contribution is -2.01. The topological polar surface area (TPSA) is 26.3 Å². The number of rotatable bonds is 4. The first-order valence-corrected chi connectivity index (χ1v) is 7.73. The number of halogens is 3. The molecule has 110 valence electrons. The summed E-state index contributed by atoms with van der Waals surface area (Å²) in [5.74, 6) is -0.906. The van der Waals surface area contributed by atoms with E-state index < -0.39 is 17.6 Å². The maximum atomic E-state index is 13.5. The van der Waals surface area contributed by atoms with Gasteiger partial charge >= 0.3 is 5.97 Å². The molecular formula is C15H11BrF2O2S. The fourth-order valence-electron chi connectivity index (χ4n) is 1.65. The molecule has 2 nitrogen and oxygen atoms in total. The zero-order valence-electron chi connectivity index (χ0n) is 11.0. The highest BCUT2D eigenvalue weighted by atomic mass is 79.9. The van der Waals surface area contributed by atoms with Crippen molar-refractivity contribution in [3.8, 4) is 0 Å². The smallest absolute Gasteiger partial charge is 0.337 e. The minimum absolute atomic E-state index is 0.249. The van der Waals surface area contributed by atoms with E-state index in [-0.39, 0.29) is 4.90 Å². The van der Waals surface area contributed by atoms with E-state index in [1.165, 1.54) is 18.9 Å². The molecule has 0 aliphatic carbocycles. The molecule has 0 N–H and O–H groups in total. The van der Waals surface area contributed by atoms with E-state index in [2.05, 4.69) is 20.7 Å². The highest BCUT2D eigenvalue weighted by Gasteiger charge is 2.10. The van der Waals surface area contributed by atoms with Crippen LogP contribution in [0.2, 0.25) is 0 Å². The minimum Gasteiger partial charge on any atom is -0.465 e. The van der Waals surface area contributed by atoms with Gasteiger partial charge in [-0.3, -0.25) is 0 Å². The number of hydrogen-bond donors (Lipinski definition) is 0. The number of carbonyl (C=O) groups is 1. The molecule has 2 aromatic carbocycles.